The zero-order chi connectivity index (χ0) is 27.4. The Morgan fingerprint density at radius 1 is 1.11 bits per heavy atom. The van der Waals surface area contributed by atoms with Crippen molar-refractivity contribution in [3.63, 3.8) is 0 Å². The molecule has 3 N–H and O–H groups in total. The van der Waals surface area contributed by atoms with E-state index in [4.69, 9.17) is 27.9 Å². The van der Waals surface area contributed by atoms with Crippen molar-refractivity contribution in [3.05, 3.63) is 57.6 Å². The predicted molar refractivity (Wildman–Crippen MR) is 140 cm³/mol. The van der Waals surface area contributed by atoms with Gasteiger partial charge in [-0.25, -0.2) is 8.78 Å². The van der Waals surface area contributed by atoms with Crippen molar-refractivity contribution >= 4 is 40.8 Å². The number of amides is 1. The summed E-state index contributed by atoms with van der Waals surface area (Å²) in [6.07, 6.45) is -2.35. The van der Waals surface area contributed by atoms with Crippen molar-refractivity contribution < 1.29 is 33.3 Å². The van der Waals surface area contributed by atoms with Gasteiger partial charge in [-0.3, -0.25) is 9.59 Å². The molecule has 0 bridgehead atoms. The number of rotatable bonds is 9. The van der Waals surface area contributed by atoms with Crippen molar-refractivity contribution in [2.45, 2.75) is 43.9 Å². The summed E-state index contributed by atoms with van der Waals surface area (Å²) in [4.78, 5) is 27.8. The van der Waals surface area contributed by atoms with Gasteiger partial charge in [0.2, 0.25) is 0 Å². The summed E-state index contributed by atoms with van der Waals surface area (Å²) in [5.41, 5.74) is 1.45. The Labute approximate surface area is 229 Å². The number of aliphatic carboxylic acids is 1. The molecule has 2 aromatic rings. The van der Waals surface area contributed by atoms with E-state index in [1.165, 1.54) is 12.1 Å². The number of anilines is 1. The van der Waals surface area contributed by atoms with Crippen LogP contribution in [-0.4, -0.2) is 84.4 Å². The fraction of sp³-hybridized carbons (Fsp3) is 0.462. The zero-order valence-corrected chi connectivity index (χ0v) is 22.0. The lowest BCUT2D eigenvalue weighted by Gasteiger charge is -2.34. The third kappa shape index (κ3) is 7.05. The first kappa shape index (κ1) is 28.4. The monoisotopic (exact) mass is 571 g/mol. The summed E-state index contributed by atoms with van der Waals surface area (Å²) >= 11 is 12.1. The molecule has 4 rings (SSSR count). The maximum atomic E-state index is 12.8. The third-order valence-electron chi connectivity index (χ3n) is 6.79. The number of carboxylic acid groups (broad SMARTS) is 1. The summed E-state index contributed by atoms with van der Waals surface area (Å²) in [5.74, 6) is -1.09. The number of ether oxygens (including phenoxy) is 1. The van der Waals surface area contributed by atoms with E-state index in [2.05, 4.69) is 5.32 Å². The third-order valence-corrected chi connectivity index (χ3v) is 7.34. The average molecular weight is 572 g/mol. The summed E-state index contributed by atoms with van der Waals surface area (Å²) in [6, 6.07) is 9.43. The van der Waals surface area contributed by atoms with E-state index >= 15 is 0 Å². The van der Waals surface area contributed by atoms with Crippen LogP contribution in [0, 0.1) is 0 Å². The van der Waals surface area contributed by atoms with Crippen molar-refractivity contribution in [2.24, 2.45) is 0 Å². The average Bonchev–Trinajstić information content (AvgIpc) is 3.23. The molecule has 0 radical (unpaired) electrons. The molecule has 38 heavy (non-hydrogen) atoms. The minimum atomic E-state index is -2.69. The molecule has 2 saturated heterocycles. The van der Waals surface area contributed by atoms with Gasteiger partial charge >= 0.3 is 5.97 Å². The molecule has 8 nitrogen and oxygen atoms in total. The smallest absolute Gasteiger partial charge is 0.307 e. The molecule has 2 fully saturated rings. The lowest BCUT2D eigenvalue weighted by molar-refractivity contribution is -0.136. The number of nitrogens with one attached hydrogen (secondary N) is 1. The summed E-state index contributed by atoms with van der Waals surface area (Å²) in [7, 11) is 0. The zero-order valence-electron chi connectivity index (χ0n) is 20.5. The second kappa shape index (κ2) is 12.5. The molecular weight excluding hydrogens is 543 g/mol. The van der Waals surface area contributed by atoms with Crippen LogP contribution in [-0.2, 0) is 11.2 Å². The molecule has 2 aliphatic heterocycles. The number of aliphatic hydroxyl groups excluding tert-OH is 1. The van der Waals surface area contributed by atoms with Crippen molar-refractivity contribution in [3.8, 4) is 5.75 Å². The Balaban J connectivity index is 1.39. The van der Waals surface area contributed by atoms with E-state index in [9.17, 15) is 28.6 Å². The van der Waals surface area contributed by atoms with Crippen LogP contribution in [0.1, 0.15) is 28.8 Å². The summed E-state index contributed by atoms with van der Waals surface area (Å²) in [6.45, 7) is 0.873. The molecule has 1 unspecified atom stereocenters. The number of aliphatic hydroxyl groups is 1. The van der Waals surface area contributed by atoms with Gasteiger partial charge in [0.1, 0.15) is 12.4 Å². The van der Waals surface area contributed by atoms with Gasteiger partial charge in [0, 0.05) is 54.6 Å². The number of likely N-dealkylation sites (tertiary alicyclic amines) is 1. The predicted octanol–water partition coefficient (Wildman–Crippen LogP) is 3.71. The number of carboxylic acids is 1. The molecule has 2 aromatic carbocycles. The molecule has 0 spiro atoms. The van der Waals surface area contributed by atoms with E-state index in [1.54, 1.807) is 29.2 Å². The largest absolute Gasteiger partial charge is 0.486 e. The van der Waals surface area contributed by atoms with Crippen LogP contribution in [0.25, 0.3) is 0 Å². The van der Waals surface area contributed by atoms with Crippen molar-refractivity contribution in [2.75, 3.05) is 37.7 Å². The lowest BCUT2D eigenvalue weighted by atomic mass is 10.0. The van der Waals surface area contributed by atoms with Crippen LogP contribution < -0.4 is 15.0 Å². The van der Waals surface area contributed by atoms with Crippen molar-refractivity contribution in [1.29, 1.82) is 0 Å². The highest BCUT2D eigenvalue weighted by Gasteiger charge is 2.35. The molecule has 2 aliphatic rings. The fourth-order valence-corrected chi connectivity index (χ4v) is 5.29. The number of halogens is 4. The van der Waals surface area contributed by atoms with Gasteiger partial charge in [0.15, 0.2) is 0 Å². The minimum Gasteiger partial charge on any atom is -0.486 e. The molecule has 0 aliphatic carbocycles. The van der Waals surface area contributed by atoms with Gasteiger partial charge in [-0.1, -0.05) is 23.2 Å². The number of nitrogens with zero attached hydrogens (tertiary/aromatic N) is 2. The highest BCUT2D eigenvalue weighted by Crippen LogP contribution is 2.36. The molecular formula is C26H29Cl2F2N3O5. The highest BCUT2D eigenvalue weighted by molar-refractivity contribution is 6.32. The van der Waals surface area contributed by atoms with Crippen LogP contribution in [0.3, 0.4) is 0 Å². The number of β-amino-alcohol motifs (C(OH)–C–C–N with tert-alkyl or cyclic N) is 1. The first-order chi connectivity index (χ1) is 18.1. The Morgan fingerprint density at radius 3 is 2.42 bits per heavy atom. The molecule has 2 heterocycles. The molecule has 2 atom stereocenters. The Hall–Kier alpha value is -2.66. The Bertz CT molecular complexity index is 1150. The summed E-state index contributed by atoms with van der Waals surface area (Å²) < 4.78 is 30.5. The standard InChI is InChI=1S/C26H29Cl2F2N3O5/c27-17-3-1-15(2-4-17)26(37)32-7-5-18(6-8-32)31-20-12-33(13-22(20)34)21-11-23(38-14-24(29)30)19(28)9-16(21)10-25(35)36/h1-4,9,11,18,20,22,24,31,34H,5-8,10,12-14H2,(H,35,36)/t20?,22-/m1/s1. The number of alkyl halides is 2. The second-order valence-corrected chi connectivity index (χ2v) is 10.3. The Morgan fingerprint density at radius 2 is 1.79 bits per heavy atom. The number of carbonyl (C=O) groups is 2. The summed E-state index contributed by atoms with van der Waals surface area (Å²) in [5, 5.41) is 24.2. The number of hydrogen-bond acceptors (Lipinski definition) is 6. The molecule has 12 heteroatoms. The number of hydrogen-bond donors (Lipinski definition) is 3. The first-order valence-electron chi connectivity index (χ1n) is 12.3. The quantitative estimate of drug-likeness (QED) is 0.421. The molecule has 206 valence electrons. The number of benzene rings is 2. The minimum absolute atomic E-state index is 0.0275. The fourth-order valence-electron chi connectivity index (χ4n) is 4.92. The van der Waals surface area contributed by atoms with Gasteiger partial charge < -0.3 is 30.1 Å². The van der Waals surface area contributed by atoms with Crippen LogP contribution in [0.2, 0.25) is 10.0 Å². The number of carbonyl (C=O) groups excluding carboxylic acids is 1. The van der Waals surface area contributed by atoms with Crippen LogP contribution >= 0.6 is 23.2 Å². The van der Waals surface area contributed by atoms with Crippen LogP contribution in [0.4, 0.5) is 14.5 Å². The maximum absolute atomic E-state index is 12.8. The van der Waals surface area contributed by atoms with Gasteiger partial charge in [-0.05, 0) is 48.7 Å². The Kier molecular flexibility index (Phi) is 9.30. The van der Waals surface area contributed by atoms with Crippen LogP contribution in [0.5, 0.6) is 5.75 Å². The lowest BCUT2D eigenvalue weighted by Crippen LogP contribution is -2.50. The van der Waals surface area contributed by atoms with Crippen molar-refractivity contribution in [1.82, 2.24) is 10.2 Å². The van der Waals surface area contributed by atoms with E-state index < -0.39 is 25.1 Å². The van der Waals surface area contributed by atoms with Gasteiger partial charge in [0.25, 0.3) is 12.3 Å². The first-order valence-corrected chi connectivity index (χ1v) is 13.1. The van der Waals surface area contributed by atoms with Crippen LogP contribution in [0.15, 0.2) is 36.4 Å². The van der Waals surface area contributed by atoms with E-state index in [0.29, 0.717) is 54.3 Å². The normalized spacial score (nSPS) is 20.3. The van der Waals surface area contributed by atoms with E-state index in [-0.39, 0.29) is 41.7 Å². The second-order valence-electron chi connectivity index (χ2n) is 9.50. The molecule has 0 aromatic heterocycles. The topological polar surface area (TPSA) is 102 Å². The van der Waals surface area contributed by atoms with E-state index in [0.717, 1.165) is 0 Å². The highest BCUT2D eigenvalue weighted by atomic mass is 35.5. The SMILES string of the molecule is O=C(O)Cc1cc(Cl)c(OCC(F)F)cc1N1CC(NC2CCN(C(=O)c3ccc(Cl)cc3)CC2)[C@H](O)C1. The molecule has 1 amide bonds. The van der Waals surface area contributed by atoms with Gasteiger partial charge in [-0.15, -0.1) is 0 Å². The maximum Gasteiger partial charge on any atom is 0.307 e. The van der Waals surface area contributed by atoms with Gasteiger partial charge in [-0.2, -0.15) is 0 Å². The number of piperidine rings is 1. The van der Waals surface area contributed by atoms with E-state index in [1.807, 2.05) is 4.90 Å². The molecule has 0 saturated carbocycles. The van der Waals surface area contributed by atoms with Gasteiger partial charge in [0.05, 0.1) is 23.6 Å².